The number of hydrogen-bond donors (Lipinski definition) is 1. The molecule has 0 radical (unpaired) electrons. The number of hydrogen-bond acceptors (Lipinski definition) is 4. The van der Waals surface area contributed by atoms with Crippen LogP contribution in [0, 0.1) is 6.92 Å². The van der Waals surface area contributed by atoms with E-state index in [0.29, 0.717) is 6.04 Å². The Kier molecular flexibility index (Phi) is 2.18. The highest BCUT2D eigenvalue weighted by Gasteiger charge is 2.20. The fraction of sp³-hybridized carbons (Fsp3) is 0.364. The van der Waals surface area contributed by atoms with E-state index in [1.807, 2.05) is 23.1 Å². The van der Waals surface area contributed by atoms with Crippen LogP contribution in [-0.2, 0) is 0 Å². The van der Waals surface area contributed by atoms with Gasteiger partial charge in [0.1, 0.15) is 5.69 Å². The molecule has 0 aromatic carbocycles. The Morgan fingerprint density at radius 1 is 1.44 bits per heavy atom. The summed E-state index contributed by atoms with van der Waals surface area (Å²) in [6.07, 6.45) is 5.62. The molecule has 0 saturated carbocycles. The summed E-state index contributed by atoms with van der Waals surface area (Å²) in [5, 5.41) is 11.6. The highest BCUT2D eigenvalue weighted by atomic mass is 15.4. The largest absolute Gasteiger partial charge is 0.312 e. The van der Waals surface area contributed by atoms with Crippen LogP contribution in [0.1, 0.15) is 11.6 Å². The molecule has 2 aromatic heterocycles. The predicted octanol–water partition coefficient (Wildman–Crippen LogP) is 0.793. The molecule has 1 aliphatic heterocycles. The van der Waals surface area contributed by atoms with Crippen molar-refractivity contribution in [2.45, 2.75) is 13.0 Å². The lowest BCUT2D eigenvalue weighted by Gasteiger charge is -2.26. The highest BCUT2D eigenvalue weighted by molar-refractivity contribution is 5.60. The second-order valence-electron chi connectivity index (χ2n) is 4.09. The number of aromatic nitrogens is 4. The zero-order valence-corrected chi connectivity index (χ0v) is 9.09. The standard InChI is InChI=1S/C11H13N5/c1-8-2-3-12-6-10(8)11-7-16(15-14-11)9-4-13-5-9/h2-3,6-7,9,13H,4-5H2,1H3. The number of nitrogens with one attached hydrogen (secondary N) is 1. The lowest BCUT2D eigenvalue weighted by atomic mass is 10.1. The van der Waals surface area contributed by atoms with Gasteiger partial charge in [0.25, 0.3) is 0 Å². The molecule has 1 aliphatic rings. The molecule has 0 aliphatic carbocycles. The molecule has 82 valence electrons. The molecular formula is C11H13N5. The molecule has 0 atom stereocenters. The van der Waals surface area contributed by atoms with Crippen LogP contribution in [0.5, 0.6) is 0 Å². The van der Waals surface area contributed by atoms with Crippen LogP contribution in [0.4, 0.5) is 0 Å². The van der Waals surface area contributed by atoms with E-state index in [-0.39, 0.29) is 0 Å². The van der Waals surface area contributed by atoms with Gasteiger partial charge in [-0.15, -0.1) is 5.10 Å². The van der Waals surface area contributed by atoms with E-state index in [2.05, 4.69) is 27.5 Å². The molecule has 5 nitrogen and oxygen atoms in total. The van der Waals surface area contributed by atoms with Crippen molar-refractivity contribution in [1.29, 1.82) is 0 Å². The number of nitrogens with zero attached hydrogens (tertiary/aromatic N) is 4. The van der Waals surface area contributed by atoms with Gasteiger partial charge in [0.05, 0.1) is 12.2 Å². The Bertz CT molecular complexity index is 501. The first-order valence-electron chi connectivity index (χ1n) is 5.38. The van der Waals surface area contributed by atoms with Gasteiger partial charge in [-0.1, -0.05) is 5.21 Å². The summed E-state index contributed by atoms with van der Waals surface area (Å²) in [6, 6.07) is 2.44. The predicted molar refractivity (Wildman–Crippen MR) is 59.9 cm³/mol. The molecule has 0 spiro atoms. The van der Waals surface area contributed by atoms with Crippen LogP contribution in [-0.4, -0.2) is 33.1 Å². The summed E-state index contributed by atoms with van der Waals surface area (Å²) in [6.45, 7) is 4.02. The van der Waals surface area contributed by atoms with Crippen molar-refractivity contribution in [2.24, 2.45) is 0 Å². The zero-order valence-electron chi connectivity index (χ0n) is 9.09. The molecule has 3 rings (SSSR count). The second-order valence-corrected chi connectivity index (χ2v) is 4.09. The normalized spacial score (nSPS) is 16.1. The lowest BCUT2D eigenvalue weighted by Crippen LogP contribution is -2.43. The average Bonchev–Trinajstić information content (AvgIpc) is 2.65. The molecule has 3 heterocycles. The molecule has 1 N–H and O–H groups in total. The van der Waals surface area contributed by atoms with Gasteiger partial charge in [-0.2, -0.15) is 0 Å². The SMILES string of the molecule is Cc1ccncc1-c1cn(C2CNC2)nn1. The monoisotopic (exact) mass is 215 g/mol. The van der Waals surface area contributed by atoms with E-state index in [1.54, 1.807) is 6.20 Å². The van der Waals surface area contributed by atoms with Crippen molar-refractivity contribution >= 4 is 0 Å². The molecule has 0 amide bonds. The topological polar surface area (TPSA) is 55.6 Å². The smallest absolute Gasteiger partial charge is 0.114 e. The van der Waals surface area contributed by atoms with E-state index < -0.39 is 0 Å². The summed E-state index contributed by atoms with van der Waals surface area (Å²) in [5.41, 5.74) is 3.13. The minimum absolute atomic E-state index is 0.457. The molecule has 5 heteroatoms. The molecule has 0 unspecified atom stereocenters. The number of rotatable bonds is 2. The maximum absolute atomic E-state index is 4.20. The Balaban J connectivity index is 1.95. The van der Waals surface area contributed by atoms with Gasteiger partial charge in [0.2, 0.25) is 0 Å². The molecule has 2 aromatic rings. The van der Waals surface area contributed by atoms with E-state index in [4.69, 9.17) is 0 Å². The first-order valence-corrected chi connectivity index (χ1v) is 5.38. The van der Waals surface area contributed by atoms with Gasteiger partial charge < -0.3 is 5.32 Å². The van der Waals surface area contributed by atoms with Crippen molar-refractivity contribution in [1.82, 2.24) is 25.3 Å². The first-order chi connectivity index (χ1) is 7.84. The van der Waals surface area contributed by atoms with Crippen LogP contribution >= 0.6 is 0 Å². The zero-order chi connectivity index (χ0) is 11.0. The van der Waals surface area contributed by atoms with Crippen molar-refractivity contribution in [3.63, 3.8) is 0 Å². The second kappa shape index (κ2) is 3.68. The fourth-order valence-electron chi connectivity index (χ4n) is 1.77. The van der Waals surface area contributed by atoms with Crippen LogP contribution < -0.4 is 5.32 Å². The van der Waals surface area contributed by atoms with Crippen molar-refractivity contribution in [3.05, 3.63) is 30.2 Å². The quantitative estimate of drug-likeness (QED) is 0.804. The summed E-state index contributed by atoms with van der Waals surface area (Å²) >= 11 is 0. The molecular weight excluding hydrogens is 202 g/mol. The van der Waals surface area contributed by atoms with Crippen LogP contribution in [0.15, 0.2) is 24.7 Å². The van der Waals surface area contributed by atoms with Gasteiger partial charge >= 0.3 is 0 Å². The van der Waals surface area contributed by atoms with Crippen molar-refractivity contribution < 1.29 is 0 Å². The molecule has 0 bridgehead atoms. The van der Waals surface area contributed by atoms with E-state index in [1.165, 1.54) is 5.56 Å². The Labute approximate surface area is 93.5 Å². The average molecular weight is 215 g/mol. The molecule has 16 heavy (non-hydrogen) atoms. The fourth-order valence-corrected chi connectivity index (χ4v) is 1.77. The minimum atomic E-state index is 0.457. The van der Waals surface area contributed by atoms with E-state index in [0.717, 1.165) is 24.3 Å². The van der Waals surface area contributed by atoms with Gasteiger partial charge in [0.15, 0.2) is 0 Å². The van der Waals surface area contributed by atoms with Gasteiger partial charge in [0, 0.05) is 31.0 Å². The van der Waals surface area contributed by atoms with Gasteiger partial charge in [-0.3, -0.25) is 4.98 Å². The lowest BCUT2D eigenvalue weighted by molar-refractivity contribution is 0.313. The summed E-state index contributed by atoms with van der Waals surface area (Å²) in [5.74, 6) is 0. The molecule has 1 saturated heterocycles. The van der Waals surface area contributed by atoms with Crippen molar-refractivity contribution in [3.8, 4) is 11.3 Å². The number of aryl methyl sites for hydroxylation is 1. The third-order valence-electron chi connectivity index (χ3n) is 2.96. The Morgan fingerprint density at radius 2 is 2.31 bits per heavy atom. The molecule has 1 fully saturated rings. The minimum Gasteiger partial charge on any atom is -0.312 e. The maximum Gasteiger partial charge on any atom is 0.114 e. The van der Waals surface area contributed by atoms with Crippen molar-refractivity contribution in [2.75, 3.05) is 13.1 Å². The Hall–Kier alpha value is -1.75. The van der Waals surface area contributed by atoms with E-state index >= 15 is 0 Å². The van der Waals surface area contributed by atoms with Gasteiger partial charge in [-0.05, 0) is 18.6 Å². The summed E-state index contributed by atoms with van der Waals surface area (Å²) < 4.78 is 1.93. The Morgan fingerprint density at radius 3 is 3.00 bits per heavy atom. The van der Waals surface area contributed by atoms with Crippen LogP contribution in [0.3, 0.4) is 0 Å². The third-order valence-corrected chi connectivity index (χ3v) is 2.96. The number of pyridine rings is 1. The third kappa shape index (κ3) is 1.49. The van der Waals surface area contributed by atoms with E-state index in [9.17, 15) is 0 Å². The van der Waals surface area contributed by atoms with Crippen LogP contribution in [0.25, 0.3) is 11.3 Å². The summed E-state index contributed by atoms with van der Waals surface area (Å²) in [4.78, 5) is 4.12. The van der Waals surface area contributed by atoms with Crippen LogP contribution in [0.2, 0.25) is 0 Å². The first kappa shape index (κ1) is 9.47. The maximum atomic E-state index is 4.20. The highest BCUT2D eigenvalue weighted by Crippen LogP contribution is 2.20. The summed E-state index contributed by atoms with van der Waals surface area (Å²) in [7, 11) is 0. The van der Waals surface area contributed by atoms with Gasteiger partial charge in [-0.25, -0.2) is 4.68 Å².